The molecule has 1 atom stereocenters. The Morgan fingerprint density at radius 1 is 1.78 bits per heavy atom. The Morgan fingerprint density at radius 3 is 3.06 bits per heavy atom. The maximum atomic E-state index is 12.0. The van der Waals surface area contributed by atoms with Gasteiger partial charge in [-0.1, -0.05) is 0 Å². The number of methoxy groups -OCH3 is 1. The summed E-state index contributed by atoms with van der Waals surface area (Å²) in [5.74, 6) is 0.387. The molecule has 4 N–H and O–H groups in total. The molecule has 0 spiro atoms. The summed E-state index contributed by atoms with van der Waals surface area (Å²) in [5.41, 5.74) is 4.83. The van der Waals surface area contributed by atoms with Crippen LogP contribution in [0.5, 0.6) is 0 Å². The third kappa shape index (κ3) is 2.53. The summed E-state index contributed by atoms with van der Waals surface area (Å²) >= 11 is 0. The van der Waals surface area contributed by atoms with Gasteiger partial charge < -0.3 is 21.1 Å². The van der Waals surface area contributed by atoms with E-state index in [0.717, 1.165) is 13.1 Å². The maximum absolute atomic E-state index is 12.0. The Balaban J connectivity index is 2.05. The molecule has 0 radical (unpaired) electrons. The Bertz CT molecular complexity index is 425. The van der Waals surface area contributed by atoms with Crippen molar-refractivity contribution in [3.8, 4) is 0 Å². The van der Waals surface area contributed by atoms with Crippen molar-refractivity contribution >= 4 is 11.7 Å². The molecule has 0 saturated carbocycles. The van der Waals surface area contributed by atoms with Gasteiger partial charge in [0, 0.05) is 26.3 Å². The molecule has 2 rings (SSSR count). The highest BCUT2D eigenvalue weighted by Crippen LogP contribution is 2.18. The van der Waals surface area contributed by atoms with E-state index in [1.807, 2.05) is 0 Å². The SMILES string of the molecule is COCC(C)(N)C(=O)Nc1ccnn1C1CNC1. The normalized spacial score (nSPS) is 19.1. The van der Waals surface area contributed by atoms with Crippen molar-refractivity contribution in [1.82, 2.24) is 15.1 Å². The van der Waals surface area contributed by atoms with Gasteiger partial charge in [-0.3, -0.25) is 4.79 Å². The van der Waals surface area contributed by atoms with E-state index in [1.54, 1.807) is 23.9 Å². The quantitative estimate of drug-likeness (QED) is 0.647. The Hall–Kier alpha value is -1.44. The lowest BCUT2D eigenvalue weighted by molar-refractivity contribution is -0.122. The first kappa shape index (κ1) is 13.0. The van der Waals surface area contributed by atoms with Gasteiger partial charge in [-0.25, -0.2) is 4.68 Å². The first-order valence-corrected chi connectivity index (χ1v) is 5.88. The zero-order valence-electron chi connectivity index (χ0n) is 10.6. The molecule has 7 heteroatoms. The van der Waals surface area contributed by atoms with Crippen molar-refractivity contribution in [2.45, 2.75) is 18.5 Å². The molecule has 100 valence electrons. The fourth-order valence-electron chi connectivity index (χ4n) is 1.78. The summed E-state index contributed by atoms with van der Waals surface area (Å²) in [4.78, 5) is 12.0. The topological polar surface area (TPSA) is 94.2 Å². The van der Waals surface area contributed by atoms with Crippen LogP contribution in [0.15, 0.2) is 12.3 Å². The lowest BCUT2D eigenvalue weighted by Crippen LogP contribution is -2.52. The van der Waals surface area contributed by atoms with E-state index in [1.165, 1.54) is 7.11 Å². The summed E-state index contributed by atoms with van der Waals surface area (Å²) in [6.45, 7) is 3.53. The highest BCUT2D eigenvalue weighted by atomic mass is 16.5. The van der Waals surface area contributed by atoms with E-state index < -0.39 is 5.54 Å². The van der Waals surface area contributed by atoms with Gasteiger partial charge >= 0.3 is 0 Å². The molecule has 1 saturated heterocycles. The van der Waals surface area contributed by atoms with Crippen molar-refractivity contribution < 1.29 is 9.53 Å². The van der Waals surface area contributed by atoms with Crippen LogP contribution in [0.1, 0.15) is 13.0 Å². The zero-order valence-corrected chi connectivity index (χ0v) is 10.6. The Morgan fingerprint density at radius 2 is 2.50 bits per heavy atom. The van der Waals surface area contributed by atoms with Gasteiger partial charge in [0.2, 0.25) is 5.91 Å². The van der Waals surface area contributed by atoms with Gasteiger partial charge in [-0.15, -0.1) is 0 Å². The minimum Gasteiger partial charge on any atom is -0.382 e. The minimum atomic E-state index is -1.05. The minimum absolute atomic E-state index is 0.165. The first-order chi connectivity index (χ1) is 8.54. The summed E-state index contributed by atoms with van der Waals surface area (Å²) < 4.78 is 6.74. The molecule has 7 nitrogen and oxygen atoms in total. The largest absolute Gasteiger partial charge is 0.382 e. The van der Waals surface area contributed by atoms with Crippen LogP contribution in [-0.4, -0.2) is 48.0 Å². The van der Waals surface area contributed by atoms with Crippen LogP contribution in [0, 0.1) is 0 Å². The van der Waals surface area contributed by atoms with E-state index in [0.29, 0.717) is 11.9 Å². The number of anilines is 1. The van der Waals surface area contributed by atoms with Gasteiger partial charge in [0.25, 0.3) is 0 Å². The van der Waals surface area contributed by atoms with Gasteiger partial charge in [0.05, 0.1) is 18.8 Å². The molecule has 1 fully saturated rings. The Labute approximate surface area is 106 Å². The van der Waals surface area contributed by atoms with Gasteiger partial charge in [0.1, 0.15) is 11.4 Å². The number of nitrogens with two attached hydrogens (primary N) is 1. The molecule has 1 aromatic rings. The van der Waals surface area contributed by atoms with Crippen molar-refractivity contribution in [3.63, 3.8) is 0 Å². The highest BCUT2D eigenvalue weighted by Gasteiger charge is 2.30. The number of nitrogens with zero attached hydrogens (tertiary/aromatic N) is 2. The highest BCUT2D eigenvalue weighted by molar-refractivity contribution is 5.97. The molecule has 1 aliphatic rings. The lowest BCUT2D eigenvalue weighted by Gasteiger charge is -2.29. The molecule has 0 aliphatic carbocycles. The molecule has 1 unspecified atom stereocenters. The van der Waals surface area contributed by atoms with Gasteiger partial charge in [0.15, 0.2) is 0 Å². The van der Waals surface area contributed by atoms with Gasteiger partial charge in [-0.2, -0.15) is 5.10 Å². The second kappa shape index (κ2) is 5.05. The van der Waals surface area contributed by atoms with Crippen LogP contribution in [-0.2, 0) is 9.53 Å². The predicted molar refractivity (Wildman–Crippen MR) is 67.2 cm³/mol. The average Bonchev–Trinajstić information content (AvgIpc) is 2.63. The lowest BCUT2D eigenvalue weighted by atomic mass is 10.0. The molecular weight excluding hydrogens is 234 g/mol. The van der Waals surface area contributed by atoms with E-state index >= 15 is 0 Å². The number of carbonyl (C=O) groups excluding carboxylic acids is 1. The smallest absolute Gasteiger partial charge is 0.247 e. The average molecular weight is 253 g/mol. The fraction of sp³-hybridized carbons (Fsp3) is 0.636. The summed E-state index contributed by atoms with van der Waals surface area (Å²) in [6, 6.07) is 2.06. The zero-order chi connectivity index (χ0) is 13.2. The van der Waals surface area contributed by atoms with Crippen molar-refractivity contribution in [3.05, 3.63) is 12.3 Å². The number of hydrogen-bond acceptors (Lipinski definition) is 5. The molecule has 0 aromatic carbocycles. The maximum Gasteiger partial charge on any atom is 0.247 e. The number of rotatable bonds is 5. The van der Waals surface area contributed by atoms with E-state index in [2.05, 4.69) is 15.7 Å². The molecule has 1 amide bonds. The Kier molecular flexibility index (Phi) is 3.65. The van der Waals surface area contributed by atoms with E-state index in [4.69, 9.17) is 10.5 Å². The fourth-order valence-corrected chi connectivity index (χ4v) is 1.78. The van der Waals surface area contributed by atoms with Crippen molar-refractivity contribution in [1.29, 1.82) is 0 Å². The van der Waals surface area contributed by atoms with Gasteiger partial charge in [-0.05, 0) is 6.92 Å². The summed E-state index contributed by atoms with van der Waals surface area (Å²) in [6.07, 6.45) is 1.66. The predicted octanol–water partition coefficient (Wildman–Crippen LogP) is -0.670. The van der Waals surface area contributed by atoms with Crippen LogP contribution >= 0.6 is 0 Å². The van der Waals surface area contributed by atoms with Crippen LogP contribution in [0.2, 0.25) is 0 Å². The second-order valence-corrected chi connectivity index (χ2v) is 4.78. The number of hydrogen-bond donors (Lipinski definition) is 3. The second-order valence-electron chi connectivity index (χ2n) is 4.78. The number of aromatic nitrogens is 2. The van der Waals surface area contributed by atoms with Crippen LogP contribution in [0.3, 0.4) is 0 Å². The molecule has 1 aliphatic heterocycles. The molecule has 0 bridgehead atoms. The first-order valence-electron chi connectivity index (χ1n) is 5.88. The summed E-state index contributed by atoms with van der Waals surface area (Å²) in [5, 5.41) is 10.2. The molecule has 2 heterocycles. The molecular formula is C11H19N5O2. The standard InChI is InChI=1S/C11H19N5O2/c1-11(12,7-18-2)10(17)15-9-3-4-14-16(9)8-5-13-6-8/h3-4,8,13H,5-7,12H2,1-2H3,(H,15,17). The van der Waals surface area contributed by atoms with Crippen LogP contribution < -0.4 is 16.4 Å². The molecule has 18 heavy (non-hydrogen) atoms. The third-order valence-corrected chi connectivity index (χ3v) is 2.98. The van der Waals surface area contributed by atoms with Crippen molar-refractivity contribution in [2.75, 3.05) is 32.1 Å². The van der Waals surface area contributed by atoms with E-state index in [9.17, 15) is 4.79 Å². The number of amides is 1. The summed E-state index contributed by atoms with van der Waals surface area (Å²) in [7, 11) is 1.52. The van der Waals surface area contributed by atoms with Crippen LogP contribution in [0.4, 0.5) is 5.82 Å². The third-order valence-electron chi connectivity index (χ3n) is 2.98. The van der Waals surface area contributed by atoms with Crippen LogP contribution in [0.25, 0.3) is 0 Å². The number of ether oxygens (including phenoxy) is 1. The van der Waals surface area contributed by atoms with E-state index in [-0.39, 0.29) is 12.5 Å². The number of nitrogens with one attached hydrogen (secondary N) is 2. The van der Waals surface area contributed by atoms with Crippen molar-refractivity contribution in [2.24, 2.45) is 5.73 Å². The number of carbonyl (C=O) groups is 1. The monoisotopic (exact) mass is 253 g/mol. The molecule has 1 aromatic heterocycles.